The van der Waals surface area contributed by atoms with Crippen molar-refractivity contribution in [1.82, 2.24) is 0 Å². The highest BCUT2D eigenvalue weighted by Gasteiger charge is 2.23. The Bertz CT molecular complexity index is 862. The van der Waals surface area contributed by atoms with E-state index in [2.05, 4.69) is 4.74 Å². The summed E-state index contributed by atoms with van der Waals surface area (Å²) in [7, 11) is -3.17. The van der Waals surface area contributed by atoms with Gasteiger partial charge in [0.1, 0.15) is 10.6 Å². The molecule has 122 valence electrons. The maximum atomic E-state index is 13.1. The predicted octanol–water partition coefficient (Wildman–Crippen LogP) is 2.83. The molecule has 0 aromatic heterocycles. The van der Waals surface area contributed by atoms with Crippen LogP contribution in [0.5, 0.6) is 5.75 Å². The van der Waals surface area contributed by atoms with Gasteiger partial charge in [-0.15, -0.1) is 0 Å². The number of ether oxygens (including phenoxy) is 1. The molecule has 0 N–H and O–H groups in total. The second-order valence-electron chi connectivity index (χ2n) is 4.53. The van der Waals surface area contributed by atoms with Gasteiger partial charge in [-0.2, -0.15) is 8.42 Å². The van der Waals surface area contributed by atoms with Gasteiger partial charge in [0.15, 0.2) is 11.6 Å². The molecule has 0 radical (unpaired) electrons. The van der Waals surface area contributed by atoms with Gasteiger partial charge in [-0.1, -0.05) is 6.07 Å². The molecule has 0 aliphatic carbocycles. The maximum absolute atomic E-state index is 13.1. The topological polar surface area (TPSA) is 69.7 Å². The summed E-state index contributed by atoms with van der Waals surface area (Å²) in [4.78, 5) is 11.3. The predicted molar refractivity (Wildman–Crippen MR) is 76.7 cm³/mol. The molecule has 2 rings (SSSR count). The minimum Gasteiger partial charge on any atom is -0.465 e. The average molecular weight is 342 g/mol. The van der Waals surface area contributed by atoms with E-state index in [0.29, 0.717) is 6.07 Å². The van der Waals surface area contributed by atoms with Crippen molar-refractivity contribution in [3.8, 4) is 5.75 Å². The summed E-state index contributed by atoms with van der Waals surface area (Å²) in [5.41, 5.74) is 0.185. The quantitative estimate of drug-likeness (QED) is 0.631. The molecule has 0 amide bonds. The molecule has 0 aliphatic heterocycles. The van der Waals surface area contributed by atoms with Crippen LogP contribution in [0.2, 0.25) is 0 Å². The van der Waals surface area contributed by atoms with Crippen LogP contribution >= 0.6 is 0 Å². The monoisotopic (exact) mass is 342 g/mol. The number of methoxy groups -OCH3 is 1. The molecule has 8 heteroatoms. The van der Waals surface area contributed by atoms with Crippen LogP contribution in [0, 0.1) is 18.6 Å². The lowest BCUT2D eigenvalue weighted by atomic mass is 10.1. The molecule has 0 saturated heterocycles. The molecular formula is C15H12F2O5S. The van der Waals surface area contributed by atoms with Crippen LogP contribution in [0.25, 0.3) is 0 Å². The fraction of sp³-hybridized carbons (Fsp3) is 0.133. The molecule has 2 aromatic rings. The number of halogens is 2. The van der Waals surface area contributed by atoms with Crippen LogP contribution in [-0.2, 0) is 14.9 Å². The SMILES string of the molecule is COC(=O)c1cccc(S(=O)(=O)Oc2ccc(F)c(F)c2)c1C. The molecule has 0 heterocycles. The maximum Gasteiger partial charge on any atom is 0.339 e. The summed E-state index contributed by atoms with van der Waals surface area (Å²) >= 11 is 0. The Morgan fingerprint density at radius 2 is 1.78 bits per heavy atom. The summed E-state index contributed by atoms with van der Waals surface area (Å²) < 4.78 is 59.9. The number of rotatable bonds is 4. The first-order chi connectivity index (χ1) is 10.8. The van der Waals surface area contributed by atoms with Crippen molar-refractivity contribution < 1.29 is 30.9 Å². The molecule has 0 atom stereocenters. The van der Waals surface area contributed by atoms with E-state index in [1.165, 1.54) is 32.2 Å². The number of carbonyl (C=O) groups excluding carboxylic acids is 1. The van der Waals surface area contributed by atoms with Gasteiger partial charge in [0.25, 0.3) is 0 Å². The molecule has 2 aromatic carbocycles. The summed E-state index contributed by atoms with van der Waals surface area (Å²) in [6.07, 6.45) is 0. The molecule has 0 unspecified atom stereocenters. The smallest absolute Gasteiger partial charge is 0.339 e. The van der Waals surface area contributed by atoms with Gasteiger partial charge in [-0.3, -0.25) is 0 Å². The highest BCUT2D eigenvalue weighted by atomic mass is 32.2. The van der Waals surface area contributed by atoms with E-state index >= 15 is 0 Å². The molecule has 0 fully saturated rings. The van der Waals surface area contributed by atoms with Gasteiger partial charge in [-0.25, -0.2) is 13.6 Å². The van der Waals surface area contributed by atoms with Gasteiger partial charge in [0.2, 0.25) is 0 Å². The van der Waals surface area contributed by atoms with Crippen LogP contribution in [-0.4, -0.2) is 21.5 Å². The van der Waals surface area contributed by atoms with Crippen molar-refractivity contribution in [3.05, 3.63) is 59.2 Å². The number of esters is 1. The Balaban J connectivity index is 2.44. The summed E-state index contributed by atoms with van der Waals surface area (Å²) in [5, 5.41) is 0. The van der Waals surface area contributed by atoms with Gasteiger partial charge in [0.05, 0.1) is 12.7 Å². The first-order valence-corrected chi connectivity index (χ1v) is 7.74. The molecular weight excluding hydrogens is 330 g/mol. The van der Waals surface area contributed by atoms with E-state index in [4.69, 9.17) is 4.18 Å². The fourth-order valence-electron chi connectivity index (χ4n) is 1.92. The van der Waals surface area contributed by atoms with Crippen LogP contribution in [0.4, 0.5) is 8.78 Å². The Labute approximate surface area is 131 Å². The molecule has 5 nitrogen and oxygen atoms in total. The fourth-order valence-corrected chi connectivity index (χ4v) is 3.09. The van der Waals surface area contributed by atoms with Crippen molar-refractivity contribution in [3.63, 3.8) is 0 Å². The summed E-state index contributed by atoms with van der Waals surface area (Å²) in [6, 6.07) is 6.33. The molecule has 0 saturated carbocycles. The minimum atomic E-state index is -4.33. The van der Waals surface area contributed by atoms with Crippen molar-refractivity contribution in [2.24, 2.45) is 0 Å². The molecule has 0 aliphatic rings. The number of hydrogen-bond donors (Lipinski definition) is 0. The Hall–Kier alpha value is -2.48. The normalized spacial score (nSPS) is 11.1. The van der Waals surface area contributed by atoms with Crippen LogP contribution < -0.4 is 4.18 Å². The molecule has 0 spiro atoms. The second-order valence-corrected chi connectivity index (χ2v) is 6.05. The van der Waals surface area contributed by atoms with Gasteiger partial charge in [-0.05, 0) is 36.8 Å². The Morgan fingerprint density at radius 1 is 1.09 bits per heavy atom. The molecule has 23 heavy (non-hydrogen) atoms. The lowest BCUT2D eigenvalue weighted by molar-refractivity contribution is 0.0599. The Morgan fingerprint density at radius 3 is 2.39 bits per heavy atom. The third-order valence-electron chi connectivity index (χ3n) is 3.06. The first-order valence-electron chi connectivity index (χ1n) is 6.33. The summed E-state index contributed by atoms with van der Waals surface area (Å²) in [6.45, 7) is 1.41. The average Bonchev–Trinajstić information content (AvgIpc) is 2.50. The highest BCUT2D eigenvalue weighted by molar-refractivity contribution is 7.87. The van der Waals surface area contributed by atoms with Crippen LogP contribution in [0.3, 0.4) is 0 Å². The van der Waals surface area contributed by atoms with Crippen LogP contribution in [0.15, 0.2) is 41.3 Å². The van der Waals surface area contributed by atoms with E-state index in [9.17, 15) is 22.0 Å². The second kappa shape index (κ2) is 6.33. The van der Waals surface area contributed by atoms with Crippen molar-refractivity contribution in [2.45, 2.75) is 11.8 Å². The van der Waals surface area contributed by atoms with Crippen molar-refractivity contribution >= 4 is 16.1 Å². The number of carbonyl (C=O) groups is 1. The van der Waals surface area contributed by atoms with E-state index in [-0.39, 0.29) is 21.8 Å². The lowest BCUT2D eigenvalue weighted by Crippen LogP contribution is -2.14. The standard InChI is InChI=1S/C15H12F2O5S/c1-9-11(15(18)21-2)4-3-5-14(9)23(19,20)22-10-6-7-12(16)13(17)8-10/h3-8H,1-2H3. The van der Waals surface area contributed by atoms with Crippen LogP contribution in [0.1, 0.15) is 15.9 Å². The first kappa shape index (κ1) is 16.9. The summed E-state index contributed by atoms with van der Waals surface area (Å²) in [5.74, 6) is -3.45. The Kier molecular flexibility index (Phi) is 4.65. The van der Waals surface area contributed by atoms with Gasteiger partial charge >= 0.3 is 16.1 Å². The van der Waals surface area contributed by atoms with E-state index in [1.54, 1.807) is 0 Å². The number of benzene rings is 2. The number of hydrogen-bond acceptors (Lipinski definition) is 5. The van der Waals surface area contributed by atoms with Crippen molar-refractivity contribution in [1.29, 1.82) is 0 Å². The largest absolute Gasteiger partial charge is 0.465 e. The highest BCUT2D eigenvalue weighted by Crippen LogP contribution is 2.24. The minimum absolute atomic E-state index is 0.0578. The van der Waals surface area contributed by atoms with Gasteiger partial charge < -0.3 is 8.92 Å². The van der Waals surface area contributed by atoms with Crippen molar-refractivity contribution in [2.75, 3.05) is 7.11 Å². The third-order valence-corrected chi connectivity index (χ3v) is 4.45. The van der Waals surface area contributed by atoms with E-state index in [1.807, 2.05) is 0 Å². The van der Waals surface area contributed by atoms with Gasteiger partial charge in [0, 0.05) is 6.07 Å². The lowest BCUT2D eigenvalue weighted by Gasteiger charge is -2.11. The molecule has 0 bridgehead atoms. The zero-order valence-electron chi connectivity index (χ0n) is 12.2. The third kappa shape index (κ3) is 3.48. The van der Waals surface area contributed by atoms with E-state index < -0.39 is 27.7 Å². The van der Waals surface area contributed by atoms with E-state index in [0.717, 1.165) is 12.1 Å². The zero-order chi connectivity index (χ0) is 17.2. The zero-order valence-corrected chi connectivity index (χ0v) is 13.0.